The maximum absolute atomic E-state index is 11.8. The molecule has 0 radical (unpaired) electrons. The van der Waals surface area contributed by atoms with E-state index in [1.807, 2.05) is 6.07 Å². The van der Waals surface area contributed by atoms with Gasteiger partial charge in [-0.25, -0.2) is 14.6 Å². The van der Waals surface area contributed by atoms with Gasteiger partial charge in [0, 0.05) is 0 Å². The predicted molar refractivity (Wildman–Crippen MR) is 78.3 cm³/mol. The molecule has 0 atom stereocenters. The van der Waals surface area contributed by atoms with Crippen LogP contribution in [0, 0.1) is 0 Å². The Balaban J connectivity index is 1.81. The van der Waals surface area contributed by atoms with Gasteiger partial charge in [-0.05, 0) is 12.1 Å². The third-order valence-electron chi connectivity index (χ3n) is 2.47. The number of carbonyl (C=O) groups is 1. The van der Waals surface area contributed by atoms with E-state index < -0.39 is 0 Å². The van der Waals surface area contributed by atoms with Gasteiger partial charge in [0.1, 0.15) is 24.7 Å². The van der Waals surface area contributed by atoms with Crippen molar-refractivity contribution >= 4 is 55.8 Å². The Hall–Kier alpha value is -1.70. The maximum atomic E-state index is 11.8. The molecule has 0 aliphatic rings. The molecule has 0 aliphatic carbocycles. The van der Waals surface area contributed by atoms with Crippen LogP contribution in [0.4, 0.5) is 5.13 Å². The molecule has 1 aromatic carbocycles. The van der Waals surface area contributed by atoms with E-state index in [1.165, 1.54) is 28.7 Å². The number of amides is 1. The van der Waals surface area contributed by atoms with E-state index in [0.717, 1.165) is 4.70 Å². The summed E-state index contributed by atoms with van der Waals surface area (Å²) < 4.78 is 2.28. The van der Waals surface area contributed by atoms with Crippen LogP contribution in [0.1, 0.15) is 0 Å². The van der Waals surface area contributed by atoms with Gasteiger partial charge in [0.25, 0.3) is 0 Å². The van der Waals surface area contributed by atoms with Crippen molar-refractivity contribution in [1.29, 1.82) is 0 Å². The summed E-state index contributed by atoms with van der Waals surface area (Å²) in [4.78, 5) is 19.8. The number of halogens is 2. The summed E-state index contributed by atoms with van der Waals surface area (Å²) in [5, 5.41) is 7.84. The smallest absolute Gasteiger partial charge is 0.247 e. The fourth-order valence-electron chi connectivity index (χ4n) is 1.61. The molecule has 0 unspecified atom stereocenters. The first-order valence-electron chi connectivity index (χ1n) is 5.50. The van der Waals surface area contributed by atoms with Crippen molar-refractivity contribution in [3.05, 3.63) is 34.8 Å². The Morgan fingerprint density at radius 3 is 3.00 bits per heavy atom. The Morgan fingerprint density at radius 2 is 2.25 bits per heavy atom. The van der Waals surface area contributed by atoms with Crippen LogP contribution in [-0.2, 0) is 11.3 Å². The van der Waals surface area contributed by atoms with E-state index in [-0.39, 0.29) is 12.5 Å². The van der Waals surface area contributed by atoms with Gasteiger partial charge >= 0.3 is 0 Å². The van der Waals surface area contributed by atoms with Crippen LogP contribution in [-0.4, -0.2) is 25.7 Å². The minimum absolute atomic E-state index is 0.0738. The van der Waals surface area contributed by atoms with Crippen LogP contribution < -0.4 is 5.32 Å². The number of rotatable bonds is 3. The second kappa shape index (κ2) is 5.35. The van der Waals surface area contributed by atoms with E-state index in [4.69, 9.17) is 23.2 Å². The lowest BCUT2D eigenvalue weighted by atomic mass is 10.3. The van der Waals surface area contributed by atoms with Gasteiger partial charge in [0.15, 0.2) is 5.13 Å². The molecule has 2 aromatic heterocycles. The molecule has 9 heteroatoms. The van der Waals surface area contributed by atoms with Gasteiger partial charge in [-0.3, -0.25) is 4.79 Å². The number of nitrogens with zero attached hydrogens (tertiary/aromatic N) is 4. The highest BCUT2D eigenvalue weighted by Gasteiger charge is 2.12. The Kier molecular flexibility index (Phi) is 3.56. The van der Waals surface area contributed by atoms with Crippen LogP contribution >= 0.6 is 34.5 Å². The highest BCUT2D eigenvalue weighted by molar-refractivity contribution is 7.22. The molecule has 0 aliphatic heterocycles. The molecule has 0 fully saturated rings. The molecule has 1 N–H and O–H groups in total. The van der Waals surface area contributed by atoms with E-state index >= 15 is 0 Å². The molecule has 0 spiro atoms. The molecule has 0 saturated carbocycles. The molecule has 20 heavy (non-hydrogen) atoms. The number of fused-ring (bicyclic) bond motifs is 1. The Morgan fingerprint density at radius 1 is 1.40 bits per heavy atom. The highest BCUT2D eigenvalue weighted by atomic mass is 35.5. The first kappa shape index (κ1) is 13.3. The summed E-state index contributed by atoms with van der Waals surface area (Å²) in [7, 11) is 0. The van der Waals surface area contributed by atoms with Crippen molar-refractivity contribution in [2.24, 2.45) is 0 Å². The van der Waals surface area contributed by atoms with E-state index in [2.05, 4.69) is 20.4 Å². The molecular formula is C11H7Cl2N5OS. The van der Waals surface area contributed by atoms with Crippen LogP contribution in [0.25, 0.3) is 10.2 Å². The topological polar surface area (TPSA) is 72.7 Å². The first-order chi connectivity index (χ1) is 9.63. The fourth-order valence-corrected chi connectivity index (χ4v) is 2.92. The van der Waals surface area contributed by atoms with Crippen LogP contribution in [0.2, 0.25) is 10.0 Å². The van der Waals surface area contributed by atoms with Gasteiger partial charge in [0.2, 0.25) is 5.91 Å². The summed E-state index contributed by atoms with van der Waals surface area (Å²) in [6.07, 6.45) is 2.83. The Bertz CT molecular complexity index is 771. The SMILES string of the molecule is O=C(Cn1cncn1)Nc1nc2c(Cl)c(Cl)ccc2s1. The zero-order chi connectivity index (χ0) is 14.1. The van der Waals surface area contributed by atoms with Crippen LogP contribution in [0.5, 0.6) is 0 Å². The van der Waals surface area contributed by atoms with E-state index in [9.17, 15) is 4.79 Å². The summed E-state index contributed by atoms with van der Waals surface area (Å²) in [6.45, 7) is 0.0738. The highest BCUT2D eigenvalue weighted by Crippen LogP contribution is 2.35. The van der Waals surface area contributed by atoms with E-state index in [0.29, 0.717) is 20.7 Å². The summed E-state index contributed by atoms with van der Waals surface area (Å²) in [5.74, 6) is -0.239. The number of aromatic nitrogens is 4. The minimum Gasteiger partial charge on any atom is -0.300 e. The number of benzene rings is 1. The van der Waals surface area contributed by atoms with Gasteiger partial charge in [0.05, 0.1) is 14.7 Å². The number of anilines is 1. The first-order valence-corrected chi connectivity index (χ1v) is 7.07. The third-order valence-corrected chi connectivity index (χ3v) is 4.20. The van der Waals surface area contributed by atoms with Gasteiger partial charge in [-0.2, -0.15) is 5.10 Å². The molecule has 1 amide bonds. The fraction of sp³-hybridized carbons (Fsp3) is 0.0909. The van der Waals surface area contributed by atoms with Crippen molar-refractivity contribution in [1.82, 2.24) is 19.7 Å². The average Bonchev–Trinajstić information content (AvgIpc) is 3.03. The van der Waals surface area contributed by atoms with Gasteiger partial charge in [-0.1, -0.05) is 34.5 Å². The normalized spacial score (nSPS) is 10.9. The standard InChI is InChI=1S/C11H7Cl2N5OS/c12-6-1-2-7-10(9(6)13)17-11(20-7)16-8(19)3-18-5-14-4-15-18/h1-2,4-5H,3H2,(H,16,17,19). The molecule has 0 bridgehead atoms. The largest absolute Gasteiger partial charge is 0.300 e. The van der Waals surface area contributed by atoms with Crippen molar-refractivity contribution in [3.63, 3.8) is 0 Å². The molecule has 6 nitrogen and oxygen atoms in total. The zero-order valence-corrected chi connectivity index (χ0v) is 12.2. The average molecular weight is 328 g/mol. The quantitative estimate of drug-likeness (QED) is 0.802. The summed E-state index contributed by atoms with van der Waals surface area (Å²) in [6, 6.07) is 3.51. The minimum atomic E-state index is -0.239. The second-order valence-corrected chi connectivity index (χ2v) is 5.68. The third kappa shape index (κ3) is 2.60. The molecule has 3 rings (SSSR count). The number of thiazole rings is 1. The predicted octanol–water partition coefficient (Wildman–Crippen LogP) is 2.83. The zero-order valence-electron chi connectivity index (χ0n) is 9.88. The second-order valence-electron chi connectivity index (χ2n) is 3.87. The lowest BCUT2D eigenvalue weighted by Gasteiger charge is -2.00. The number of nitrogens with one attached hydrogen (secondary N) is 1. The van der Waals surface area contributed by atoms with Gasteiger partial charge < -0.3 is 5.32 Å². The monoisotopic (exact) mass is 327 g/mol. The van der Waals surface area contributed by atoms with E-state index in [1.54, 1.807) is 6.07 Å². The van der Waals surface area contributed by atoms with Crippen molar-refractivity contribution in [3.8, 4) is 0 Å². The number of carbonyl (C=O) groups excluding carboxylic acids is 1. The van der Waals surface area contributed by atoms with Crippen molar-refractivity contribution in [2.45, 2.75) is 6.54 Å². The van der Waals surface area contributed by atoms with Crippen molar-refractivity contribution in [2.75, 3.05) is 5.32 Å². The maximum Gasteiger partial charge on any atom is 0.247 e. The van der Waals surface area contributed by atoms with Crippen LogP contribution in [0.3, 0.4) is 0 Å². The van der Waals surface area contributed by atoms with Crippen molar-refractivity contribution < 1.29 is 4.79 Å². The number of hydrogen-bond donors (Lipinski definition) is 1. The lowest BCUT2D eigenvalue weighted by molar-refractivity contribution is -0.116. The summed E-state index contributed by atoms with van der Waals surface area (Å²) in [5.41, 5.74) is 0.584. The number of hydrogen-bond acceptors (Lipinski definition) is 5. The molecule has 102 valence electrons. The Labute approximate surface area is 127 Å². The van der Waals surface area contributed by atoms with Gasteiger partial charge in [-0.15, -0.1) is 0 Å². The molecule has 0 saturated heterocycles. The molecular weight excluding hydrogens is 321 g/mol. The lowest BCUT2D eigenvalue weighted by Crippen LogP contribution is -2.18. The van der Waals surface area contributed by atoms with Crippen LogP contribution in [0.15, 0.2) is 24.8 Å². The summed E-state index contributed by atoms with van der Waals surface area (Å²) >= 11 is 13.3. The molecule has 2 heterocycles. The molecule has 3 aromatic rings.